The minimum Gasteiger partial charge on any atom is -0.481 e. The Kier molecular flexibility index (Phi) is 4.48. The van der Waals surface area contributed by atoms with E-state index in [9.17, 15) is 9.59 Å². The first-order valence-corrected chi connectivity index (χ1v) is 5.64. The highest BCUT2D eigenvalue weighted by Gasteiger charge is 2.31. The van der Waals surface area contributed by atoms with Gasteiger partial charge in [-0.25, -0.2) is 4.79 Å². The van der Waals surface area contributed by atoms with Gasteiger partial charge in [0, 0.05) is 5.75 Å². The first kappa shape index (κ1) is 11.9. The fourth-order valence-electron chi connectivity index (χ4n) is 1.27. The first-order valence-electron chi connectivity index (χ1n) is 4.49. The number of hydrogen-bond donors (Lipinski definition) is 1. The molecule has 0 aromatic rings. The van der Waals surface area contributed by atoms with Gasteiger partial charge < -0.3 is 9.84 Å². The molecule has 1 saturated heterocycles. The van der Waals surface area contributed by atoms with Crippen molar-refractivity contribution in [3.8, 4) is 0 Å². The summed E-state index contributed by atoms with van der Waals surface area (Å²) in [4.78, 5) is 23.4. The summed E-state index contributed by atoms with van der Waals surface area (Å²) >= 11 is 1.53. The Hall–Kier alpha value is -1.17. The molecule has 0 aliphatic carbocycles. The molecule has 15 heavy (non-hydrogen) atoms. The topological polar surface area (TPSA) is 66.8 Å². The normalized spacial score (nSPS) is 20.0. The van der Waals surface area contributed by atoms with Crippen LogP contribution in [0.25, 0.3) is 0 Å². The second-order valence-electron chi connectivity index (χ2n) is 3.09. The molecular weight excluding hydrogens is 218 g/mol. The molecule has 6 heteroatoms. The van der Waals surface area contributed by atoms with E-state index >= 15 is 0 Å². The molecule has 0 aromatic heterocycles. The lowest BCUT2D eigenvalue weighted by molar-refractivity contribution is -0.137. The minimum atomic E-state index is -0.899. The van der Waals surface area contributed by atoms with Gasteiger partial charge in [-0.2, -0.15) is 0 Å². The molecule has 5 nitrogen and oxygen atoms in total. The number of carboxylic acids is 1. The lowest BCUT2D eigenvalue weighted by atomic mass is 10.2. The number of hydrogen-bond acceptors (Lipinski definition) is 4. The van der Waals surface area contributed by atoms with E-state index in [1.54, 1.807) is 0 Å². The van der Waals surface area contributed by atoms with E-state index < -0.39 is 12.1 Å². The summed E-state index contributed by atoms with van der Waals surface area (Å²) < 4.78 is 4.85. The molecular formula is C9H13NO4S. The van der Waals surface area contributed by atoms with E-state index in [-0.39, 0.29) is 19.1 Å². The Labute approximate surface area is 92.1 Å². The highest BCUT2D eigenvalue weighted by atomic mass is 32.2. The lowest BCUT2D eigenvalue weighted by Crippen LogP contribution is -2.38. The number of carbonyl (C=O) groups excluding carboxylic acids is 1. The second-order valence-corrected chi connectivity index (χ2v) is 4.09. The fourth-order valence-corrected chi connectivity index (χ4v) is 2.46. The average molecular weight is 231 g/mol. The predicted molar refractivity (Wildman–Crippen MR) is 56.7 cm³/mol. The maximum Gasteiger partial charge on any atom is 0.411 e. The van der Waals surface area contributed by atoms with Crippen molar-refractivity contribution in [2.75, 3.05) is 18.2 Å². The Morgan fingerprint density at radius 1 is 1.67 bits per heavy atom. The van der Waals surface area contributed by atoms with Gasteiger partial charge in [0.15, 0.2) is 0 Å². The third-order valence-electron chi connectivity index (χ3n) is 1.95. The average Bonchev–Trinajstić information content (AvgIpc) is 2.61. The number of carbonyl (C=O) groups is 2. The van der Waals surface area contributed by atoms with E-state index in [0.717, 1.165) is 0 Å². The highest BCUT2D eigenvalue weighted by Crippen LogP contribution is 2.23. The molecule has 1 aliphatic heterocycles. The van der Waals surface area contributed by atoms with Crippen LogP contribution in [-0.4, -0.2) is 46.3 Å². The quantitative estimate of drug-likeness (QED) is 0.735. The maximum atomic E-state index is 11.4. The molecule has 1 aliphatic rings. The zero-order valence-electron chi connectivity index (χ0n) is 8.22. The van der Waals surface area contributed by atoms with Crippen molar-refractivity contribution in [2.45, 2.75) is 12.5 Å². The van der Waals surface area contributed by atoms with Crippen LogP contribution in [0.15, 0.2) is 12.7 Å². The summed E-state index contributed by atoms with van der Waals surface area (Å²) in [7, 11) is 0. The van der Waals surface area contributed by atoms with E-state index in [2.05, 4.69) is 6.58 Å². The molecule has 1 fully saturated rings. The first-order chi connectivity index (χ1) is 7.15. The molecule has 0 spiro atoms. The van der Waals surface area contributed by atoms with Crippen LogP contribution < -0.4 is 0 Å². The lowest BCUT2D eigenvalue weighted by Gasteiger charge is -2.21. The highest BCUT2D eigenvalue weighted by molar-refractivity contribution is 7.99. The maximum absolute atomic E-state index is 11.4. The van der Waals surface area contributed by atoms with Crippen LogP contribution in [0.1, 0.15) is 6.42 Å². The van der Waals surface area contributed by atoms with E-state index in [1.807, 2.05) is 0 Å². The summed E-state index contributed by atoms with van der Waals surface area (Å²) in [5, 5.41) is 8.65. The molecule has 0 bridgehead atoms. The Morgan fingerprint density at radius 3 is 3.00 bits per heavy atom. The van der Waals surface area contributed by atoms with Crippen LogP contribution in [0.2, 0.25) is 0 Å². The predicted octanol–water partition coefficient (Wildman–Crippen LogP) is 1.16. The van der Waals surface area contributed by atoms with Gasteiger partial charge in [-0.1, -0.05) is 12.7 Å². The number of nitrogens with zero attached hydrogens (tertiary/aromatic N) is 1. The standard InChI is InChI=1S/C9H13NO4S/c1-2-3-14-9(13)10-6-15-5-7(10)4-8(11)12/h2,7H,1,3-6H2,(H,11,12)/t7-/m0/s1. The monoisotopic (exact) mass is 231 g/mol. The van der Waals surface area contributed by atoms with Gasteiger partial charge in [-0.05, 0) is 0 Å². The van der Waals surface area contributed by atoms with Crippen molar-refractivity contribution in [3.05, 3.63) is 12.7 Å². The number of thioether (sulfide) groups is 1. The summed E-state index contributed by atoms with van der Waals surface area (Å²) in [6.45, 7) is 3.58. The van der Waals surface area contributed by atoms with Crippen molar-refractivity contribution in [1.82, 2.24) is 4.90 Å². The van der Waals surface area contributed by atoms with Gasteiger partial charge in [-0.3, -0.25) is 9.69 Å². The Morgan fingerprint density at radius 2 is 2.40 bits per heavy atom. The van der Waals surface area contributed by atoms with Gasteiger partial charge in [0.25, 0.3) is 0 Å². The molecule has 0 saturated carbocycles. The third-order valence-corrected chi connectivity index (χ3v) is 3.03. The van der Waals surface area contributed by atoms with E-state index in [4.69, 9.17) is 9.84 Å². The van der Waals surface area contributed by atoms with Gasteiger partial charge in [0.1, 0.15) is 6.61 Å². The molecule has 1 amide bonds. The molecule has 0 radical (unpaired) electrons. The Balaban J connectivity index is 2.47. The molecule has 0 aromatic carbocycles. The van der Waals surface area contributed by atoms with Crippen LogP contribution in [0.4, 0.5) is 4.79 Å². The molecule has 1 heterocycles. The second kappa shape index (κ2) is 5.65. The van der Waals surface area contributed by atoms with Crippen LogP contribution in [0, 0.1) is 0 Å². The zero-order chi connectivity index (χ0) is 11.3. The largest absolute Gasteiger partial charge is 0.481 e. The number of ether oxygens (including phenoxy) is 1. The van der Waals surface area contributed by atoms with E-state index in [1.165, 1.54) is 22.7 Å². The van der Waals surface area contributed by atoms with Crippen LogP contribution >= 0.6 is 11.8 Å². The van der Waals surface area contributed by atoms with Crippen LogP contribution in [0.5, 0.6) is 0 Å². The Bertz CT molecular complexity index is 269. The van der Waals surface area contributed by atoms with E-state index in [0.29, 0.717) is 11.6 Å². The smallest absolute Gasteiger partial charge is 0.411 e. The third kappa shape index (κ3) is 3.47. The summed E-state index contributed by atoms with van der Waals surface area (Å²) in [5.41, 5.74) is 0. The van der Waals surface area contributed by atoms with Gasteiger partial charge in [-0.15, -0.1) is 11.8 Å². The van der Waals surface area contributed by atoms with Gasteiger partial charge in [0.05, 0.1) is 18.3 Å². The summed E-state index contributed by atoms with van der Waals surface area (Å²) in [6.07, 6.45) is 0.981. The molecule has 1 N–H and O–H groups in total. The molecule has 1 rings (SSSR count). The van der Waals surface area contributed by atoms with Gasteiger partial charge >= 0.3 is 12.1 Å². The van der Waals surface area contributed by atoms with Crippen LogP contribution in [0.3, 0.4) is 0 Å². The SMILES string of the molecule is C=CCOC(=O)N1CSC[C@@H]1CC(=O)O. The van der Waals surface area contributed by atoms with Crippen molar-refractivity contribution < 1.29 is 19.4 Å². The number of rotatable bonds is 4. The summed E-state index contributed by atoms with van der Waals surface area (Å²) in [5.74, 6) is 0.243. The van der Waals surface area contributed by atoms with Crippen molar-refractivity contribution in [2.24, 2.45) is 0 Å². The number of aliphatic carboxylic acids is 1. The number of carboxylic acid groups (broad SMARTS) is 1. The van der Waals surface area contributed by atoms with Crippen molar-refractivity contribution in [1.29, 1.82) is 0 Å². The minimum absolute atomic E-state index is 0.0316. The fraction of sp³-hybridized carbons (Fsp3) is 0.556. The summed E-state index contributed by atoms with van der Waals surface area (Å²) in [6, 6.07) is -0.259. The zero-order valence-corrected chi connectivity index (χ0v) is 9.03. The van der Waals surface area contributed by atoms with Crippen LogP contribution in [-0.2, 0) is 9.53 Å². The van der Waals surface area contributed by atoms with Gasteiger partial charge in [0.2, 0.25) is 0 Å². The molecule has 0 unspecified atom stereocenters. The molecule has 84 valence electrons. The number of amides is 1. The molecule has 1 atom stereocenters. The van der Waals surface area contributed by atoms with Crippen molar-refractivity contribution >= 4 is 23.8 Å². The van der Waals surface area contributed by atoms with Crippen molar-refractivity contribution in [3.63, 3.8) is 0 Å².